The van der Waals surface area contributed by atoms with Crippen LogP contribution in [0.3, 0.4) is 0 Å². The van der Waals surface area contributed by atoms with Gasteiger partial charge in [-0.05, 0) is 36.4 Å². The molecule has 7 nitrogen and oxygen atoms in total. The van der Waals surface area contributed by atoms with E-state index < -0.39 is 7.82 Å². The zero-order chi connectivity index (χ0) is 18.6. The highest BCUT2D eigenvalue weighted by Crippen LogP contribution is 2.53. The van der Waals surface area contributed by atoms with Crippen molar-refractivity contribution < 1.29 is 33.5 Å². The highest BCUT2D eigenvalue weighted by Gasteiger charge is 2.35. The second-order valence-corrected chi connectivity index (χ2v) is 6.57. The van der Waals surface area contributed by atoms with Gasteiger partial charge in [0.25, 0.3) is 0 Å². The fourth-order valence-corrected chi connectivity index (χ4v) is 3.32. The molecule has 0 atom stereocenters. The molecule has 134 valence electrons. The van der Waals surface area contributed by atoms with Crippen molar-refractivity contribution in [2.75, 3.05) is 0 Å². The Balaban J connectivity index is 1.97. The maximum absolute atomic E-state index is 13.2. The van der Waals surface area contributed by atoms with E-state index in [-0.39, 0.29) is 34.5 Å². The van der Waals surface area contributed by atoms with Crippen LogP contribution in [-0.4, -0.2) is 15.3 Å². The zero-order valence-corrected chi connectivity index (χ0v) is 14.2. The molecule has 0 heterocycles. The van der Waals surface area contributed by atoms with Crippen LogP contribution in [0.2, 0.25) is 0 Å². The highest BCUT2D eigenvalue weighted by atomic mass is 31.2. The van der Waals surface area contributed by atoms with Gasteiger partial charge in [-0.2, -0.15) is 4.57 Å². The van der Waals surface area contributed by atoms with E-state index in [0.717, 1.165) is 0 Å². The van der Waals surface area contributed by atoms with Crippen LogP contribution in [0.1, 0.15) is 0 Å². The molecule has 26 heavy (non-hydrogen) atoms. The van der Waals surface area contributed by atoms with Gasteiger partial charge in [0.1, 0.15) is 0 Å². The summed E-state index contributed by atoms with van der Waals surface area (Å²) in [7, 11) is -4.45. The number of rotatable bonds is 6. The Labute approximate surface area is 149 Å². The predicted octanol–water partition coefficient (Wildman–Crippen LogP) is 4.45. The molecule has 8 heteroatoms. The largest absolute Gasteiger partial charge is 0.647 e. The lowest BCUT2D eigenvalue weighted by atomic mass is 10.3. The third kappa shape index (κ3) is 4.02. The summed E-state index contributed by atoms with van der Waals surface area (Å²) in [5, 5.41) is 29.6. The topological polar surface area (TPSA) is 105 Å². The molecule has 3 N–H and O–H groups in total. The Morgan fingerprint density at radius 2 is 0.808 bits per heavy atom. The standard InChI is InChI=1S/C18H15O7P/c19-13-7-1-4-10-16(13)23-26(22,24-17-11-5-2-8-14(17)20)25-18-12-6-3-9-15(18)21/h1-12,19-21H. The highest BCUT2D eigenvalue weighted by molar-refractivity contribution is 7.49. The minimum absolute atomic E-state index is 0.151. The second-order valence-electron chi connectivity index (χ2n) is 5.12. The van der Waals surface area contributed by atoms with Crippen LogP contribution in [0.5, 0.6) is 34.5 Å². The predicted molar refractivity (Wildman–Crippen MR) is 93.8 cm³/mol. The first kappa shape index (κ1) is 17.5. The van der Waals surface area contributed by atoms with E-state index >= 15 is 0 Å². The first-order chi connectivity index (χ1) is 12.5. The summed E-state index contributed by atoms with van der Waals surface area (Å²) in [4.78, 5) is 0. The molecule has 0 saturated carbocycles. The van der Waals surface area contributed by atoms with Gasteiger partial charge in [-0.3, -0.25) is 0 Å². The van der Waals surface area contributed by atoms with Crippen molar-refractivity contribution >= 4 is 7.82 Å². The van der Waals surface area contributed by atoms with Gasteiger partial charge in [0, 0.05) is 0 Å². The van der Waals surface area contributed by atoms with Crippen molar-refractivity contribution in [3.05, 3.63) is 72.8 Å². The molecule has 0 unspecified atom stereocenters. The van der Waals surface area contributed by atoms with Crippen LogP contribution in [-0.2, 0) is 4.57 Å². The lowest BCUT2D eigenvalue weighted by molar-refractivity contribution is 0.282. The SMILES string of the molecule is O=P(Oc1ccccc1O)(Oc1ccccc1O)Oc1ccccc1O. The lowest BCUT2D eigenvalue weighted by Crippen LogP contribution is -2.08. The Morgan fingerprint density at radius 1 is 0.538 bits per heavy atom. The van der Waals surface area contributed by atoms with Gasteiger partial charge in [0.2, 0.25) is 0 Å². The maximum atomic E-state index is 13.2. The van der Waals surface area contributed by atoms with Gasteiger partial charge in [0.05, 0.1) is 0 Å². The number of benzene rings is 3. The summed E-state index contributed by atoms with van der Waals surface area (Å²) < 4.78 is 29.0. The summed E-state index contributed by atoms with van der Waals surface area (Å²) in [6.45, 7) is 0. The number of hydrogen-bond donors (Lipinski definition) is 3. The Kier molecular flexibility index (Phi) is 4.91. The van der Waals surface area contributed by atoms with E-state index in [2.05, 4.69) is 0 Å². The van der Waals surface area contributed by atoms with E-state index in [1.165, 1.54) is 36.4 Å². The molecule has 0 aromatic heterocycles. The third-order valence-corrected chi connectivity index (χ3v) is 4.49. The van der Waals surface area contributed by atoms with E-state index in [0.29, 0.717) is 0 Å². The Bertz CT molecular complexity index is 835. The van der Waals surface area contributed by atoms with Crippen LogP contribution >= 0.6 is 7.82 Å². The van der Waals surface area contributed by atoms with Crippen LogP contribution in [0.4, 0.5) is 0 Å². The molecule has 0 aliphatic carbocycles. The van der Waals surface area contributed by atoms with Gasteiger partial charge < -0.3 is 28.9 Å². The number of phosphoric ester groups is 1. The van der Waals surface area contributed by atoms with Crippen molar-refractivity contribution in [1.29, 1.82) is 0 Å². The summed E-state index contributed by atoms with van der Waals surface area (Å²) in [5.41, 5.74) is 0. The molecule has 0 radical (unpaired) electrons. The molecule has 0 amide bonds. The molecular weight excluding hydrogens is 359 g/mol. The normalized spacial score (nSPS) is 10.9. The Hall–Kier alpha value is -3.31. The zero-order valence-electron chi connectivity index (χ0n) is 13.4. The number of aromatic hydroxyl groups is 3. The molecule has 0 aliphatic rings. The molecule has 0 spiro atoms. The van der Waals surface area contributed by atoms with Crippen molar-refractivity contribution in [2.24, 2.45) is 0 Å². The van der Waals surface area contributed by atoms with Crippen molar-refractivity contribution in [2.45, 2.75) is 0 Å². The van der Waals surface area contributed by atoms with E-state index in [1.807, 2.05) is 0 Å². The maximum Gasteiger partial charge on any atom is 0.647 e. The molecule has 0 fully saturated rings. The number of para-hydroxylation sites is 6. The minimum Gasteiger partial charge on any atom is -0.504 e. The third-order valence-electron chi connectivity index (χ3n) is 3.23. The van der Waals surface area contributed by atoms with E-state index in [4.69, 9.17) is 13.6 Å². The number of hydrogen-bond acceptors (Lipinski definition) is 7. The van der Waals surface area contributed by atoms with Gasteiger partial charge in [-0.15, -0.1) is 0 Å². The van der Waals surface area contributed by atoms with Gasteiger partial charge >= 0.3 is 7.82 Å². The molecule has 0 saturated heterocycles. The molecule has 3 rings (SSSR count). The monoisotopic (exact) mass is 374 g/mol. The van der Waals surface area contributed by atoms with Crippen LogP contribution in [0.25, 0.3) is 0 Å². The minimum atomic E-state index is -4.45. The van der Waals surface area contributed by atoms with Crippen molar-refractivity contribution in [1.82, 2.24) is 0 Å². The van der Waals surface area contributed by atoms with E-state index in [9.17, 15) is 19.9 Å². The number of phenols is 3. The number of phosphoric acid groups is 1. The lowest BCUT2D eigenvalue weighted by Gasteiger charge is -2.20. The summed E-state index contributed by atoms with van der Waals surface area (Å²) in [6.07, 6.45) is 0. The first-order valence-electron chi connectivity index (χ1n) is 7.50. The summed E-state index contributed by atoms with van der Waals surface area (Å²) in [5.74, 6) is -1.30. The molecule has 0 aliphatic heterocycles. The van der Waals surface area contributed by atoms with Gasteiger partial charge in [0.15, 0.2) is 34.5 Å². The molecule has 3 aromatic carbocycles. The van der Waals surface area contributed by atoms with E-state index in [1.54, 1.807) is 36.4 Å². The molecular formula is C18H15O7P. The average Bonchev–Trinajstić information content (AvgIpc) is 2.61. The summed E-state index contributed by atoms with van der Waals surface area (Å²) in [6, 6.07) is 17.4. The van der Waals surface area contributed by atoms with Crippen molar-refractivity contribution in [3.63, 3.8) is 0 Å². The quantitative estimate of drug-likeness (QED) is 0.548. The van der Waals surface area contributed by atoms with Crippen LogP contribution in [0.15, 0.2) is 72.8 Å². The Morgan fingerprint density at radius 3 is 1.08 bits per heavy atom. The molecule has 0 bridgehead atoms. The smallest absolute Gasteiger partial charge is 0.504 e. The fourth-order valence-electron chi connectivity index (χ4n) is 2.02. The van der Waals surface area contributed by atoms with Gasteiger partial charge in [-0.25, -0.2) is 0 Å². The first-order valence-corrected chi connectivity index (χ1v) is 8.96. The second kappa shape index (κ2) is 7.29. The van der Waals surface area contributed by atoms with Crippen LogP contribution < -0.4 is 13.6 Å². The van der Waals surface area contributed by atoms with Gasteiger partial charge in [-0.1, -0.05) is 36.4 Å². The van der Waals surface area contributed by atoms with Crippen LogP contribution in [0, 0.1) is 0 Å². The fraction of sp³-hybridized carbons (Fsp3) is 0. The van der Waals surface area contributed by atoms with Crippen molar-refractivity contribution in [3.8, 4) is 34.5 Å². The summed E-state index contributed by atoms with van der Waals surface area (Å²) >= 11 is 0. The average molecular weight is 374 g/mol. The number of phenolic OH excluding ortho intramolecular Hbond substituents is 3. The molecule has 3 aromatic rings.